The highest BCUT2D eigenvalue weighted by Gasteiger charge is 2.09. The van der Waals surface area contributed by atoms with E-state index in [2.05, 4.69) is 60.7 Å². The molecule has 89 valence electrons. The SMILES string of the molecule is [c]1ccc(-c2cccc3sc4ccccc4c23)cc1. The van der Waals surface area contributed by atoms with Gasteiger partial charge < -0.3 is 0 Å². The minimum absolute atomic E-state index is 1.26. The minimum Gasteiger partial charge on any atom is -0.135 e. The molecule has 19 heavy (non-hydrogen) atoms. The first kappa shape index (κ1) is 10.8. The van der Waals surface area contributed by atoms with E-state index < -0.39 is 0 Å². The molecule has 0 amide bonds. The number of rotatable bonds is 1. The predicted octanol–water partition coefficient (Wildman–Crippen LogP) is 5.52. The molecular weight excluding hydrogens is 248 g/mol. The lowest BCUT2D eigenvalue weighted by Gasteiger charge is -2.04. The molecule has 0 spiro atoms. The van der Waals surface area contributed by atoms with Crippen molar-refractivity contribution in [2.75, 3.05) is 0 Å². The average molecular weight is 259 g/mol. The largest absolute Gasteiger partial charge is 0.135 e. The molecule has 3 aromatic carbocycles. The first-order valence-electron chi connectivity index (χ1n) is 6.30. The van der Waals surface area contributed by atoms with E-state index in [4.69, 9.17) is 0 Å². The summed E-state index contributed by atoms with van der Waals surface area (Å²) in [5.74, 6) is 0. The van der Waals surface area contributed by atoms with Crippen molar-refractivity contribution in [3.8, 4) is 11.1 Å². The second-order valence-electron chi connectivity index (χ2n) is 4.57. The van der Waals surface area contributed by atoms with Crippen LogP contribution in [0, 0.1) is 6.07 Å². The molecule has 1 radical (unpaired) electrons. The molecular formula is C18H11S. The van der Waals surface area contributed by atoms with Gasteiger partial charge in [0.15, 0.2) is 0 Å². The van der Waals surface area contributed by atoms with Gasteiger partial charge in [-0.05, 0) is 29.3 Å². The lowest BCUT2D eigenvalue weighted by molar-refractivity contribution is 1.66. The maximum Gasteiger partial charge on any atom is 0.0361 e. The molecule has 0 saturated heterocycles. The van der Waals surface area contributed by atoms with Crippen LogP contribution < -0.4 is 0 Å². The summed E-state index contributed by atoms with van der Waals surface area (Å²) >= 11 is 1.86. The van der Waals surface area contributed by atoms with Gasteiger partial charge in [0.2, 0.25) is 0 Å². The van der Waals surface area contributed by atoms with Gasteiger partial charge in [0, 0.05) is 20.2 Å². The van der Waals surface area contributed by atoms with Gasteiger partial charge in [-0.15, -0.1) is 11.3 Å². The van der Waals surface area contributed by atoms with Crippen molar-refractivity contribution in [2.45, 2.75) is 0 Å². The molecule has 0 bridgehead atoms. The molecule has 0 aliphatic carbocycles. The zero-order valence-electron chi connectivity index (χ0n) is 10.3. The highest BCUT2D eigenvalue weighted by Crippen LogP contribution is 2.39. The smallest absolute Gasteiger partial charge is 0.0361 e. The lowest BCUT2D eigenvalue weighted by atomic mass is 10.00. The summed E-state index contributed by atoms with van der Waals surface area (Å²) in [6, 6.07) is 26.5. The minimum atomic E-state index is 1.26. The normalized spacial score (nSPS) is 11.2. The Labute approximate surface area is 115 Å². The van der Waals surface area contributed by atoms with Crippen molar-refractivity contribution >= 4 is 31.5 Å². The van der Waals surface area contributed by atoms with E-state index in [0.29, 0.717) is 0 Å². The molecule has 0 nitrogen and oxygen atoms in total. The summed E-state index contributed by atoms with van der Waals surface area (Å²) in [6.45, 7) is 0. The van der Waals surface area contributed by atoms with Gasteiger partial charge in [0.05, 0.1) is 0 Å². The van der Waals surface area contributed by atoms with Gasteiger partial charge >= 0.3 is 0 Å². The Morgan fingerprint density at radius 3 is 2.42 bits per heavy atom. The van der Waals surface area contributed by atoms with Gasteiger partial charge in [-0.1, -0.05) is 54.6 Å². The van der Waals surface area contributed by atoms with E-state index in [-0.39, 0.29) is 0 Å². The predicted molar refractivity (Wildman–Crippen MR) is 83.6 cm³/mol. The van der Waals surface area contributed by atoms with Crippen molar-refractivity contribution in [1.29, 1.82) is 0 Å². The summed E-state index contributed by atoms with van der Waals surface area (Å²) in [4.78, 5) is 0. The van der Waals surface area contributed by atoms with Crippen molar-refractivity contribution in [3.63, 3.8) is 0 Å². The molecule has 0 saturated carbocycles. The standard InChI is InChI=1S/C18H11S/c1-2-7-13(8-3-1)14-10-6-12-17-18(14)15-9-4-5-11-16(15)19-17/h2-12H. The lowest BCUT2D eigenvalue weighted by Crippen LogP contribution is -1.78. The highest BCUT2D eigenvalue weighted by molar-refractivity contribution is 7.25. The van der Waals surface area contributed by atoms with Crippen LogP contribution in [0.15, 0.2) is 66.7 Å². The third kappa shape index (κ3) is 1.66. The number of benzene rings is 3. The van der Waals surface area contributed by atoms with E-state index >= 15 is 0 Å². The first-order chi connectivity index (χ1) is 9.43. The van der Waals surface area contributed by atoms with E-state index in [0.717, 1.165) is 0 Å². The van der Waals surface area contributed by atoms with Crippen LogP contribution >= 0.6 is 11.3 Å². The molecule has 1 aromatic heterocycles. The van der Waals surface area contributed by atoms with Gasteiger partial charge in [-0.3, -0.25) is 0 Å². The van der Waals surface area contributed by atoms with Crippen LogP contribution in [0.25, 0.3) is 31.3 Å². The number of thiophene rings is 1. The highest BCUT2D eigenvalue weighted by atomic mass is 32.1. The van der Waals surface area contributed by atoms with Crippen molar-refractivity contribution < 1.29 is 0 Å². The van der Waals surface area contributed by atoms with Crippen molar-refractivity contribution in [1.82, 2.24) is 0 Å². The summed E-state index contributed by atoms with van der Waals surface area (Å²) in [7, 11) is 0. The van der Waals surface area contributed by atoms with Crippen LogP contribution in [0.1, 0.15) is 0 Å². The van der Waals surface area contributed by atoms with Crippen molar-refractivity contribution in [3.05, 3.63) is 72.8 Å². The number of fused-ring (bicyclic) bond motifs is 3. The Morgan fingerprint density at radius 1 is 0.737 bits per heavy atom. The average Bonchev–Trinajstić information content (AvgIpc) is 2.86. The van der Waals surface area contributed by atoms with Crippen LogP contribution in [-0.4, -0.2) is 0 Å². The number of hydrogen-bond donors (Lipinski definition) is 0. The van der Waals surface area contributed by atoms with Gasteiger partial charge in [-0.2, -0.15) is 0 Å². The Bertz CT molecular complexity index is 857. The molecule has 0 fully saturated rings. The van der Waals surface area contributed by atoms with Gasteiger partial charge in [0.1, 0.15) is 0 Å². The second-order valence-corrected chi connectivity index (χ2v) is 5.65. The fourth-order valence-corrected chi connectivity index (χ4v) is 3.71. The quantitative estimate of drug-likeness (QED) is 0.422. The first-order valence-corrected chi connectivity index (χ1v) is 7.12. The van der Waals surface area contributed by atoms with Crippen LogP contribution in [0.5, 0.6) is 0 Å². The third-order valence-corrected chi connectivity index (χ3v) is 4.57. The molecule has 1 heteroatoms. The zero-order valence-corrected chi connectivity index (χ0v) is 11.1. The Kier molecular flexibility index (Phi) is 2.39. The fraction of sp³-hybridized carbons (Fsp3) is 0. The summed E-state index contributed by atoms with van der Waals surface area (Å²) in [6.07, 6.45) is 0. The van der Waals surface area contributed by atoms with E-state index in [1.165, 1.54) is 31.3 Å². The fourth-order valence-electron chi connectivity index (χ4n) is 2.58. The van der Waals surface area contributed by atoms with Crippen LogP contribution in [-0.2, 0) is 0 Å². The molecule has 4 rings (SSSR count). The number of hydrogen-bond acceptors (Lipinski definition) is 1. The summed E-state index contributed by atoms with van der Waals surface area (Å²) in [5.41, 5.74) is 2.57. The van der Waals surface area contributed by atoms with E-state index in [1.807, 2.05) is 23.5 Å². The maximum atomic E-state index is 3.08. The second kappa shape index (κ2) is 4.22. The van der Waals surface area contributed by atoms with E-state index in [9.17, 15) is 0 Å². The third-order valence-electron chi connectivity index (χ3n) is 3.43. The topological polar surface area (TPSA) is 0 Å². The Hall–Kier alpha value is -2.12. The Balaban J connectivity index is 2.17. The summed E-state index contributed by atoms with van der Waals surface area (Å²) < 4.78 is 2.71. The summed E-state index contributed by atoms with van der Waals surface area (Å²) in [5, 5.41) is 2.72. The molecule has 0 aliphatic rings. The molecule has 0 atom stereocenters. The zero-order chi connectivity index (χ0) is 12.7. The Morgan fingerprint density at radius 2 is 1.53 bits per heavy atom. The molecule has 1 heterocycles. The van der Waals surface area contributed by atoms with Crippen LogP contribution in [0.2, 0.25) is 0 Å². The molecule has 0 unspecified atom stereocenters. The molecule has 0 aliphatic heterocycles. The van der Waals surface area contributed by atoms with Crippen LogP contribution in [0.4, 0.5) is 0 Å². The molecule has 4 aromatic rings. The van der Waals surface area contributed by atoms with E-state index in [1.54, 1.807) is 0 Å². The maximum absolute atomic E-state index is 3.08. The monoisotopic (exact) mass is 259 g/mol. The van der Waals surface area contributed by atoms with Crippen LogP contribution in [0.3, 0.4) is 0 Å². The van der Waals surface area contributed by atoms with Gasteiger partial charge in [-0.25, -0.2) is 0 Å². The van der Waals surface area contributed by atoms with Gasteiger partial charge in [0.25, 0.3) is 0 Å². The van der Waals surface area contributed by atoms with Crippen molar-refractivity contribution in [2.24, 2.45) is 0 Å². The molecule has 0 N–H and O–H groups in total.